The molecule has 3 aromatic rings. The highest BCUT2D eigenvalue weighted by Gasteiger charge is 2.29. The van der Waals surface area contributed by atoms with Crippen LogP contribution in [0, 0.1) is 13.8 Å². The number of carboxylic acid groups (broad SMARTS) is 1. The van der Waals surface area contributed by atoms with Crippen molar-refractivity contribution in [3.05, 3.63) is 101 Å². The SMILES string of the molecule is C=C(c1ccccc1C)[C@@H]1CCCN1C[C@@H](O)CO[C@H](C)c1ccccc1-c1ccc(C(=O)O)c(C)c1. The lowest BCUT2D eigenvalue weighted by molar-refractivity contribution is -0.0150. The lowest BCUT2D eigenvalue weighted by atomic mass is 9.94. The summed E-state index contributed by atoms with van der Waals surface area (Å²) in [6, 6.07) is 21.9. The van der Waals surface area contributed by atoms with E-state index in [2.05, 4.69) is 36.6 Å². The number of carboxylic acids is 1. The molecule has 5 heteroatoms. The van der Waals surface area contributed by atoms with Crippen molar-refractivity contribution in [1.29, 1.82) is 0 Å². The van der Waals surface area contributed by atoms with E-state index in [1.54, 1.807) is 6.07 Å². The van der Waals surface area contributed by atoms with Crippen LogP contribution >= 0.6 is 0 Å². The summed E-state index contributed by atoms with van der Waals surface area (Å²) in [5.74, 6) is -0.925. The molecule has 1 saturated heterocycles. The topological polar surface area (TPSA) is 70.0 Å². The molecule has 0 radical (unpaired) electrons. The quantitative estimate of drug-likeness (QED) is 0.343. The van der Waals surface area contributed by atoms with Crippen molar-refractivity contribution in [2.24, 2.45) is 0 Å². The molecule has 37 heavy (non-hydrogen) atoms. The molecule has 0 aliphatic carbocycles. The highest BCUT2D eigenvalue weighted by molar-refractivity contribution is 5.90. The number of hydrogen-bond acceptors (Lipinski definition) is 4. The summed E-state index contributed by atoms with van der Waals surface area (Å²) in [5, 5.41) is 20.2. The Morgan fingerprint density at radius 2 is 1.78 bits per heavy atom. The Morgan fingerprint density at radius 3 is 2.51 bits per heavy atom. The zero-order valence-electron chi connectivity index (χ0n) is 22.0. The maximum atomic E-state index is 11.4. The highest BCUT2D eigenvalue weighted by atomic mass is 16.5. The second kappa shape index (κ2) is 11.9. The molecule has 0 saturated carbocycles. The number of aromatic carboxylic acids is 1. The lowest BCUT2D eigenvalue weighted by Gasteiger charge is -2.29. The number of aliphatic hydroxyl groups excluding tert-OH is 1. The minimum Gasteiger partial charge on any atom is -0.478 e. The van der Waals surface area contributed by atoms with Gasteiger partial charge in [-0.05, 0) is 85.2 Å². The first-order chi connectivity index (χ1) is 17.8. The number of carbonyl (C=O) groups is 1. The summed E-state index contributed by atoms with van der Waals surface area (Å²) in [6.07, 6.45) is 1.29. The minimum atomic E-state index is -0.925. The Balaban J connectivity index is 1.40. The van der Waals surface area contributed by atoms with Gasteiger partial charge in [0.15, 0.2) is 0 Å². The summed E-state index contributed by atoms with van der Waals surface area (Å²) >= 11 is 0. The van der Waals surface area contributed by atoms with Crippen LogP contribution in [0.2, 0.25) is 0 Å². The van der Waals surface area contributed by atoms with E-state index < -0.39 is 12.1 Å². The van der Waals surface area contributed by atoms with Crippen LogP contribution in [0.3, 0.4) is 0 Å². The zero-order chi connectivity index (χ0) is 26.5. The number of rotatable bonds is 10. The molecule has 4 rings (SSSR count). The number of β-amino-alcohol motifs (C(OH)–C–C–N with tert-alkyl or cyclic N) is 1. The second-order valence-electron chi connectivity index (χ2n) is 10.0. The monoisotopic (exact) mass is 499 g/mol. The smallest absolute Gasteiger partial charge is 0.335 e. The molecule has 0 amide bonds. The number of aliphatic hydroxyl groups is 1. The Morgan fingerprint density at radius 1 is 1.05 bits per heavy atom. The fourth-order valence-corrected chi connectivity index (χ4v) is 5.41. The van der Waals surface area contributed by atoms with Crippen molar-refractivity contribution in [3.63, 3.8) is 0 Å². The molecule has 1 aliphatic heterocycles. The Kier molecular flexibility index (Phi) is 8.59. The zero-order valence-corrected chi connectivity index (χ0v) is 22.0. The average Bonchev–Trinajstić information content (AvgIpc) is 3.34. The van der Waals surface area contributed by atoms with Gasteiger partial charge < -0.3 is 14.9 Å². The second-order valence-corrected chi connectivity index (χ2v) is 10.0. The summed E-state index contributed by atoms with van der Waals surface area (Å²) in [4.78, 5) is 13.7. The molecular weight excluding hydrogens is 462 g/mol. The third-order valence-electron chi connectivity index (χ3n) is 7.41. The molecule has 0 bridgehead atoms. The van der Waals surface area contributed by atoms with Crippen LogP contribution in [0.15, 0.2) is 73.3 Å². The standard InChI is InChI=1S/C32H37NO4/c1-21-10-5-6-11-27(21)23(3)31-14-9-17-33(31)19-26(34)20-37-24(4)29-12-7-8-13-30(29)25-15-16-28(32(35)36)22(2)18-25/h5-8,10-13,15-16,18,24,26,31,34H,3,9,14,17,19-20H2,1-2,4H3,(H,35,36)/t24-,26-,31+/m1/s1. The van der Waals surface area contributed by atoms with Crippen LogP contribution in [0.1, 0.15) is 58.5 Å². The minimum absolute atomic E-state index is 0.228. The fraction of sp³-hybridized carbons (Fsp3) is 0.344. The average molecular weight is 500 g/mol. The highest BCUT2D eigenvalue weighted by Crippen LogP contribution is 2.33. The van der Waals surface area contributed by atoms with E-state index >= 15 is 0 Å². The van der Waals surface area contributed by atoms with Crippen molar-refractivity contribution in [1.82, 2.24) is 4.90 Å². The van der Waals surface area contributed by atoms with Gasteiger partial charge >= 0.3 is 5.97 Å². The van der Waals surface area contributed by atoms with E-state index in [4.69, 9.17) is 4.74 Å². The van der Waals surface area contributed by atoms with E-state index in [0.717, 1.165) is 47.2 Å². The van der Waals surface area contributed by atoms with E-state index in [-0.39, 0.29) is 18.8 Å². The molecule has 0 spiro atoms. The molecular formula is C32H37NO4. The first-order valence-corrected chi connectivity index (χ1v) is 13.0. The number of hydrogen-bond donors (Lipinski definition) is 2. The number of nitrogens with zero attached hydrogens (tertiary/aromatic N) is 1. The van der Waals surface area contributed by atoms with Gasteiger partial charge in [-0.3, -0.25) is 4.90 Å². The van der Waals surface area contributed by atoms with Crippen LogP contribution < -0.4 is 0 Å². The largest absolute Gasteiger partial charge is 0.478 e. The molecule has 0 unspecified atom stereocenters. The first-order valence-electron chi connectivity index (χ1n) is 13.0. The van der Waals surface area contributed by atoms with Crippen molar-refractivity contribution < 1.29 is 19.7 Å². The van der Waals surface area contributed by atoms with Gasteiger partial charge in [0.25, 0.3) is 0 Å². The normalized spacial score (nSPS) is 17.5. The molecule has 3 aromatic carbocycles. The number of benzene rings is 3. The predicted molar refractivity (Wildman–Crippen MR) is 149 cm³/mol. The van der Waals surface area contributed by atoms with Crippen LogP contribution in [0.4, 0.5) is 0 Å². The third-order valence-corrected chi connectivity index (χ3v) is 7.41. The van der Waals surface area contributed by atoms with Crippen molar-refractivity contribution >= 4 is 11.5 Å². The summed E-state index contributed by atoms with van der Waals surface area (Å²) in [6.45, 7) is 12.0. The molecule has 1 aliphatic rings. The van der Waals surface area contributed by atoms with E-state index in [1.165, 1.54) is 11.1 Å². The Labute approximate surface area is 220 Å². The van der Waals surface area contributed by atoms with Crippen LogP contribution in [0.25, 0.3) is 16.7 Å². The number of likely N-dealkylation sites (tertiary alicyclic amines) is 1. The van der Waals surface area contributed by atoms with E-state index in [1.807, 2.05) is 56.3 Å². The van der Waals surface area contributed by atoms with Gasteiger partial charge in [0.2, 0.25) is 0 Å². The number of aryl methyl sites for hydroxylation is 2. The van der Waals surface area contributed by atoms with Gasteiger partial charge in [0.05, 0.1) is 24.4 Å². The van der Waals surface area contributed by atoms with Crippen molar-refractivity contribution in [3.8, 4) is 11.1 Å². The molecule has 1 heterocycles. The molecule has 1 fully saturated rings. The summed E-state index contributed by atoms with van der Waals surface area (Å²) in [5.41, 5.74) is 7.52. The third kappa shape index (κ3) is 6.19. The molecule has 0 aromatic heterocycles. The van der Waals surface area contributed by atoms with E-state index in [0.29, 0.717) is 12.1 Å². The molecule has 194 valence electrons. The maximum absolute atomic E-state index is 11.4. The van der Waals surface area contributed by atoms with Crippen molar-refractivity contribution in [2.75, 3.05) is 19.7 Å². The van der Waals surface area contributed by atoms with Crippen molar-refractivity contribution in [2.45, 2.75) is 51.9 Å². The number of ether oxygens (including phenoxy) is 1. The molecule has 3 atom stereocenters. The van der Waals surface area contributed by atoms with Gasteiger partial charge in [-0.1, -0.05) is 67.2 Å². The summed E-state index contributed by atoms with van der Waals surface area (Å²) in [7, 11) is 0. The molecule has 2 N–H and O–H groups in total. The van der Waals surface area contributed by atoms with Crippen LogP contribution in [-0.2, 0) is 4.74 Å². The Bertz CT molecular complexity index is 1270. The van der Waals surface area contributed by atoms with Crippen LogP contribution in [-0.4, -0.2) is 52.9 Å². The van der Waals surface area contributed by atoms with Gasteiger partial charge in [0.1, 0.15) is 0 Å². The maximum Gasteiger partial charge on any atom is 0.335 e. The van der Waals surface area contributed by atoms with Gasteiger partial charge in [0, 0.05) is 12.6 Å². The van der Waals surface area contributed by atoms with Crippen LogP contribution in [0.5, 0.6) is 0 Å². The Hall–Kier alpha value is -3.25. The predicted octanol–water partition coefficient (Wildman–Crippen LogP) is 6.28. The first kappa shape index (κ1) is 26.8. The fourth-order valence-electron chi connectivity index (χ4n) is 5.41. The van der Waals surface area contributed by atoms with Gasteiger partial charge in [-0.2, -0.15) is 0 Å². The lowest BCUT2D eigenvalue weighted by Crippen LogP contribution is -2.38. The summed E-state index contributed by atoms with van der Waals surface area (Å²) < 4.78 is 6.16. The van der Waals surface area contributed by atoms with Gasteiger partial charge in [-0.15, -0.1) is 0 Å². The van der Waals surface area contributed by atoms with Gasteiger partial charge in [-0.25, -0.2) is 4.79 Å². The van der Waals surface area contributed by atoms with E-state index in [9.17, 15) is 15.0 Å². The molecule has 5 nitrogen and oxygen atoms in total.